The first-order valence-electron chi connectivity index (χ1n) is 6.99. The third-order valence-corrected chi connectivity index (χ3v) is 3.85. The second-order valence-electron chi connectivity index (χ2n) is 5.23. The lowest BCUT2D eigenvalue weighted by molar-refractivity contribution is 0.467. The van der Waals surface area contributed by atoms with Crippen LogP contribution in [0.5, 0.6) is 11.6 Å². The van der Waals surface area contributed by atoms with E-state index in [1.54, 1.807) is 6.07 Å². The highest BCUT2D eigenvalue weighted by Crippen LogP contribution is 2.31. The Bertz CT molecular complexity index is 832. The van der Waals surface area contributed by atoms with E-state index in [1.807, 2.05) is 6.07 Å². The fraction of sp³-hybridized carbons (Fsp3) is 0.176. The van der Waals surface area contributed by atoms with Gasteiger partial charge in [-0.05, 0) is 60.7 Å². The zero-order valence-corrected chi connectivity index (χ0v) is 11.3. The molecule has 3 aromatic rings. The van der Waals surface area contributed by atoms with Crippen molar-refractivity contribution in [1.29, 1.82) is 0 Å². The number of rotatable bonds is 2. The van der Waals surface area contributed by atoms with Crippen LogP contribution in [0.3, 0.4) is 0 Å². The fourth-order valence-electron chi connectivity index (χ4n) is 2.81. The maximum atomic E-state index is 13.4. The van der Waals surface area contributed by atoms with E-state index in [4.69, 9.17) is 4.74 Å². The lowest BCUT2D eigenvalue weighted by Gasteiger charge is -2.09. The monoisotopic (exact) mass is 280 g/mol. The lowest BCUT2D eigenvalue weighted by atomic mass is 10.1. The molecule has 1 aromatic heterocycles. The Morgan fingerprint density at radius 3 is 2.81 bits per heavy atom. The van der Waals surface area contributed by atoms with Crippen molar-refractivity contribution in [2.24, 2.45) is 0 Å². The Labute approximate surface area is 121 Å². The Kier molecular flexibility index (Phi) is 2.81. The number of halogens is 1. The van der Waals surface area contributed by atoms with Crippen LogP contribution < -0.4 is 4.74 Å². The van der Waals surface area contributed by atoms with Gasteiger partial charge in [0.25, 0.3) is 0 Å². The van der Waals surface area contributed by atoms with Gasteiger partial charge in [0.05, 0.1) is 10.9 Å². The summed E-state index contributed by atoms with van der Waals surface area (Å²) in [5, 5.41) is 0.581. The predicted octanol–water partition coefficient (Wildman–Crippen LogP) is 4.05. The molecule has 0 amide bonds. The van der Waals surface area contributed by atoms with Crippen LogP contribution in [-0.4, -0.2) is 9.97 Å². The van der Waals surface area contributed by atoms with E-state index in [1.165, 1.54) is 36.0 Å². The molecule has 1 heterocycles. The predicted molar refractivity (Wildman–Crippen MR) is 78.0 cm³/mol. The van der Waals surface area contributed by atoms with Crippen LogP contribution in [0, 0.1) is 5.82 Å². The first kappa shape index (κ1) is 12.3. The highest BCUT2D eigenvalue weighted by molar-refractivity contribution is 5.83. The van der Waals surface area contributed by atoms with E-state index in [-0.39, 0.29) is 5.82 Å². The lowest BCUT2D eigenvalue weighted by Crippen LogP contribution is -1.93. The van der Waals surface area contributed by atoms with Crippen LogP contribution in [0.15, 0.2) is 42.7 Å². The number of aryl methyl sites for hydroxylation is 2. The van der Waals surface area contributed by atoms with Crippen LogP contribution in [0.2, 0.25) is 0 Å². The van der Waals surface area contributed by atoms with Crippen molar-refractivity contribution in [3.63, 3.8) is 0 Å². The third kappa shape index (κ3) is 2.23. The van der Waals surface area contributed by atoms with Crippen LogP contribution in [0.25, 0.3) is 10.9 Å². The summed E-state index contributed by atoms with van der Waals surface area (Å²) in [6.07, 6.45) is 4.85. The van der Waals surface area contributed by atoms with Gasteiger partial charge in [-0.15, -0.1) is 0 Å². The molecule has 0 bridgehead atoms. The van der Waals surface area contributed by atoms with Gasteiger partial charge < -0.3 is 4.74 Å². The van der Waals surface area contributed by atoms with Crippen molar-refractivity contribution in [2.75, 3.05) is 0 Å². The highest BCUT2D eigenvalue weighted by atomic mass is 19.1. The number of aromatic nitrogens is 2. The molecule has 0 spiro atoms. The average Bonchev–Trinajstić information content (AvgIpc) is 2.95. The van der Waals surface area contributed by atoms with E-state index in [2.05, 4.69) is 22.1 Å². The minimum absolute atomic E-state index is 0.323. The maximum absolute atomic E-state index is 13.4. The molecule has 104 valence electrons. The number of hydrogen-bond donors (Lipinski definition) is 0. The zero-order chi connectivity index (χ0) is 14.2. The molecule has 2 aromatic carbocycles. The number of hydrogen-bond acceptors (Lipinski definition) is 3. The van der Waals surface area contributed by atoms with Gasteiger partial charge in [0.1, 0.15) is 17.9 Å². The maximum Gasteiger partial charge on any atom is 0.230 e. The molecule has 0 aliphatic heterocycles. The van der Waals surface area contributed by atoms with Gasteiger partial charge in [-0.2, -0.15) is 0 Å². The van der Waals surface area contributed by atoms with Gasteiger partial charge in [-0.3, -0.25) is 0 Å². The largest absolute Gasteiger partial charge is 0.438 e. The number of nitrogens with zero attached hydrogens (tertiary/aromatic N) is 2. The van der Waals surface area contributed by atoms with Crippen molar-refractivity contribution in [2.45, 2.75) is 19.3 Å². The minimum atomic E-state index is -0.323. The second-order valence-corrected chi connectivity index (χ2v) is 5.23. The molecule has 0 saturated heterocycles. The van der Waals surface area contributed by atoms with Crippen molar-refractivity contribution >= 4 is 10.9 Å². The quantitative estimate of drug-likeness (QED) is 0.710. The average molecular weight is 280 g/mol. The summed E-state index contributed by atoms with van der Waals surface area (Å²) in [5.41, 5.74) is 3.39. The van der Waals surface area contributed by atoms with Crippen molar-refractivity contribution < 1.29 is 9.13 Å². The molecule has 1 aliphatic carbocycles. The second kappa shape index (κ2) is 4.81. The highest BCUT2D eigenvalue weighted by Gasteiger charge is 2.13. The molecule has 3 nitrogen and oxygen atoms in total. The van der Waals surface area contributed by atoms with Gasteiger partial charge in [-0.1, -0.05) is 6.07 Å². The van der Waals surface area contributed by atoms with Crippen LogP contribution in [0.1, 0.15) is 17.5 Å². The van der Waals surface area contributed by atoms with Gasteiger partial charge in [-0.25, -0.2) is 14.4 Å². The molecular formula is C17H13FN2O. The topological polar surface area (TPSA) is 35.0 Å². The number of benzene rings is 2. The number of ether oxygens (including phenoxy) is 1. The Hall–Kier alpha value is -2.49. The fourth-order valence-corrected chi connectivity index (χ4v) is 2.81. The van der Waals surface area contributed by atoms with E-state index < -0.39 is 0 Å². The van der Waals surface area contributed by atoms with E-state index in [9.17, 15) is 4.39 Å². The molecule has 1 aliphatic rings. The molecule has 0 N–H and O–H groups in total. The molecule has 0 fully saturated rings. The van der Waals surface area contributed by atoms with E-state index in [0.717, 1.165) is 18.6 Å². The normalized spacial score (nSPS) is 13.4. The summed E-state index contributed by atoms with van der Waals surface area (Å²) in [6, 6.07) is 10.5. The third-order valence-electron chi connectivity index (χ3n) is 3.85. The van der Waals surface area contributed by atoms with Gasteiger partial charge in [0.15, 0.2) is 0 Å². The van der Waals surface area contributed by atoms with Crippen LogP contribution >= 0.6 is 0 Å². The molecule has 0 atom stereocenters. The summed E-state index contributed by atoms with van der Waals surface area (Å²) in [5.74, 6) is 0.800. The Morgan fingerprint density at radius 2 is 1.86 bits per heavy atom. The summed E-state index contributed by atoms with van der Waals surface area (Å²) in [4.78, 5) is 8.26. The first-order valence-corrected chi connectivity index (χ1v) is 6.99. The zero-order valence-electron chi connectivity index (χ0n) is 11.3. The molecule has 0 saturated carbocycles. The Balaban J connectivity index is 1.75. The van der Waals surface area contributed by atoms with E-state index in [0.29, 0.717) is 16.8 Å². The van der Waals surface area contributed by atoms with Crippen LogP contribution in [0.4, 0.5) is 4.39 Å². The van der Waals surface area contributed by atoms with E-state index >= 15 is 0 Å². The van der Waals surface area contributed by atoms with Crippen molar-refractivity contribution in [3.8, 4) is 11.6 Å². The number of fused-ring (bicyclic) bond motifs is 2. The Morgan fingerprint density at radius 1 is 0.952 bits per heavy atom. The van der Waals surface area contributed by atoms with Crippen LogP contribution in [-0.2, 0) is 12.8 Å². The van der Waals surface area contributed by atoms with Gasteiger partial charge >= 0.3 is 0 Å². The molecule has 21 heavy (non-hydrogen) atoms. The minimum Gasteiger partial charge on any atom is -0.438 e. The van der Waals surface area contributed by atoms with Crippen molar-refractivity contribution in [3.05, 3.63) is 59.7 Å². The molecular weight excluding hydrogens is 267 g/mol. The summed E-state index contributed by atoms with van der Waals surface area (Å²) < 4.78 is 19.3. The summed E-state index contributed by atoms with van der Waals surface area (Å²) in [6.45, 7) is 0. The van der Waals surface area contributed by atoms with Gasteiger partial charge in [0, 0.05) is 0 Å². The molecule has 0 unspecified atom stereocenters. The summed E-state index contributed by atoms with van der Waals surface area (Å²) >= 11 is 0. The standard InChI is InChI=1S/C17H13FN2O/c18-13-5-7-16-15(9-13)17(20-10-19-16)21-14-6-4-11-2-1-3-12(11)8-14/h4-10H,1-3H2. The molecule has 4 heteroatoms. The molecule has 0 radical (unpaired) electrons. The van der Waals surface area contributed by atoms with Gasteiger partial charge in [0.2, 0.25) is 5.88 Å². The summed E-state index contributed by atoms with van der Waals surface area (Å²) in [7, 11) is 0. The van der Waals surface area contributed by atoms with Crippen molar-refractivity contribution in [1.82, 2.24) is 9.97 Å². The smallest absolute Gasteiger partial charge is 0.230 e. The SMILES string of the molecule is Fc1ccc2ncnc(Oc3ccc4c(c3)CCC4)c2c1. The molecule has 4 rings (SSSR count). The first-order chi connectivity index (χ1) is 10.3.